The van der Waals surface area contributed by atoms with Gasteiger partial charge in [-0.15, -0.1) is 0 Å². The zero-order valence-corrected chi connectivity index (χ0v) is 19.5. The Morgan fingerprint density at radius 1 is 1.14 bits per heavy atom. The second kappa shape index (κ2) is 8.86. The highest BCUT2D eigenvalue weighted by atomic mass is 32.2. The van der Waals surface area contributed by atoms with E-state index in [0.717, 1.165) is 18.2 Å². The van der Waals surface area contributed by atoms with Crippen LogP contribution in [0.5, 0.6) is 0 Å². The highest BCUT2D eigenvalue weighted by Crippen LogP contribution is 2.56. The second-order valence-corrected chi connectivity index (χ2v) is 11.2. The highest BCUT2D eigenvalue weighted by molar-refractivity contribution is 7.89. The summed E-state index contributed by atoms with van der Waals surface area (Å²) in [6.45, 7) is 0.636. The number of sulfonamides is 1. The Hall–Kier alpha value is -2.50. The lowest BCUT2D eigenvalue weighted by molar-refractivity contribution is -0.157. The molecular weight excluding hydrogens is 488 g/mol. The molecule has 188 valence electrons. The first-order valence-corrected chi connectivity index (χ1v) is 13.0. The lowest BCUT2D eigenvalue weighted by Crippen LogP contribution is -2.53. The largest absolute Gasteiger partial charge is 0.368 e. The van der Waals surface area contributed by atoms with Crippen LogP contribution in [0.2, 0.25) is 0 Å². The van der Waals surface area contributed by atoms with Crippen LogP contribution in [0.3, 0.4) is 0 Å². The number of ether oxygens (including phenoxy) is 1. The molecule has 1 N–H and O–H groups in total. The van der Waals surface area contributed by atoms with E-state index >= 15 is 4.39 Å². The maximum absolute atomic E-state index is 15.6. The quantitative estimate of drug-likeness (QED) is 0.578. The highest BCUT2D eigenvalue weighted by Gasteiger charge is 2.62. The summed E-state index contributed by atoms with van der Waals surface area (Å²) in [6, 6.07) is 3.65. The molecule has 2 saturated heterocycles. The Balaban J connectivity index is 1.54. The molecule has 1 saturated carbocycles. The number of hydrogen-bond acceptors (Lipinski definition) is 4. The number of halogens is 4. The van der Waals surface area contributed by atoms with E-state index < -0.39 is 57.1 Å². The van der Waals surface area contributed by atoms with Crippen molar-refractivity contribution in [3.05, 3.63) is 59.4 Å². The van der Waals surface area contributed by atoms with Crippen molar-refractivity contribution < 1.29 is 35.5 Å². The molecule has 3 aliphatic rings. The number of likely N-dealkylation sites (tertiary alicyclic amines) is 1. The number of nitrogens with zero attached hydrogens (tertiary/aromatic N) is 1. The summed E-state index contributed by atoms with van der Waals surface area (Å²) >= 11 is 0. The summed E-state index contributed by atoms with van der Waals surface area (Å²) in [5, 5.41) is 0. The standard InChI is InChI=1S/C24H24F4N2O4S/c25-13-35(32,33)29-22-19(30(12-24(22)5-6-24)23(31)20-4-7-34-20)10-15-9-17(27)11-18(21(15)28)14-2-1-3-16(26)8-14/h1-3,8-9,11,19-20,22,29H,4-7,10,12-13H2/t19-,20?,22+/m0/s1. The minimum Gasteiger partial charge on any atom is -0.368 e. The first-order chi connectivity index (χ1) is 16.6. The summed E-state index contributed by atoms with van der Waals surface area (Å²) in [7, 11) is -4.29. The van der Waals surface area contributed by atoms with Crippen LogP contribution in [0.1, 0.15) is 24.8 Å². The summed E-state index contributed by atoms with van der Waals surface area (Å²) in [4.78, 5) is 14.6. The van der Waals surface area contributed by atoms with Crippen molar-refractivity contribution in [2.24, 2.45) is 5.41 Å². The molecule has 2 aliphatic heterocycles. The van der Waals surface area contributed by atoms with Gasteiger partial charge >= 0.3 is 0 Å². The monoisotopic (exact) mass is 512 g/mol. The van der Waals surface area contributed by atoms with Gasteiger partial charge in [-0.25, -0.2) is 30.7 Å². The zero-order chi connectivity index (χ0) is 25.0. The van der Waals surface area contributed by atoms with Gasteiger partial charge < -0.3 is 9.64 Å². The molecule has 35 heavy (non-hydrogen) atoms. The van der Waals surface area contributed by atoms with Crippen molar-refractivity contribution in [3.8, 4) is 11.1 Å². The van der Waals surface area contributed by atoms with E-state index in [1.54, 1.807) is 0 Å². The van der Waals surface area contributed by atoms with Gasteiger partial charge in [0.05, 0.1) is 12.6 Å². The summed E-state index contributed by atoms with van der Waals surface area (Å²) in [6.07, 6.45) is 0.834. The number of carbonyl (C=O) groups excluding carboxylic acids is 1. The van der Waals surface area contributed by atoms with Crippen LogP contribution >= 0.6 is 0 Å². The second-order valence-electron chi connectivity index (χ2n) is 9.50. The molecular formula is C24H24F4N2O4S. The molecule has 2 aromatic carbocycles. The minimum absolute atomic E-state index is 0.0938. The van der Waals surface area contributed by atoms with Crippen molar-refractivity contribution in [2.75, 3.05) is 19.2 Å². The molecule has 3 fully saturated rings. The van der Waals surface area contributed by atoms with Crippen molar-refractivity contribution >= 4 is 15.9 Å². The summed E-state index contributed by atoms with van der Waals surface area (Å²) in [5.41, 5.74) is -0.705. The first kappa shape index (κ1) is 24.2. The molecule has 1 spiro atoms. The average Bonchev–Trinajstić information content (AvgIpc) is 3.50. The molecule has 3 atom stereocenters. The van der Waals surface area contributed by atoms with Crippen molar-refractivity contribution in [1.82, 2.24) is 9.62 Å². The number of amides is 1. The van der Waals surface area contributed by atoms with Crippen molar-refractivity contribution in [3.63, 3.8) is 0 Å². The third-order valence-corrected chi connectivity index (χ3v) is 8.11. The van der Waals surface area contributed by atoms with Gasteiger partial charge in [0.15, 0.2) is 0 Å². The Morgan fingerprint density at radius 2 is 1.89 bits per heavy atom. The number of nitrogens with one attached hydrogen (secondary N) is 1. The zero-order valence-electron chi connectivity index (χ0n) is 18.6. The summed E-state index contributed by atoms with van der Waals surface area (Å²) < 4.78 is 89.1. The molecule has 6 nitrogen and oxygen atoms in total. The van der Waals surface area contributed by atoms with Crippen LogP contribution < -0.4 is 4.72 Å². The Bertz CT molecular complexity index is 1260. The fraction of sp³-hybridized carbons (Fsp3) is 0.458. The average molecular weight is 513 g/mol. The molecule has 1 aliphatic carbocycles. The first-order valence-electron chi connectivity index (χ1n) is 11.3. The van der Waals surface area contributed by atoms with Gasteiger partial charge in [0, 0.05) is 30.0 Å². The molecule has 0 bridgehead atoms. The van der Waals surface area contributed by atoms with Gasteiger partial charge in [-0.2, -0.15) is 0 Å². The Kier molecular flexibility index (Phi) is 6.13. The number of carbonyl (C=O) groups is 1. The minimum atomic E-state index is -4.29. The van der Waals surface area contributed by atoms with Crippen molar-refractivity contribution in [2.45, 2.75) is 43.9 Å². The number of benzene rings is 2. The van der Waals surface area contributed by atoms with Gasteiger partial charge in [-0.05, 0) is 54.7 Å². The lowest BCUT2D eigenvalue weighted by atomic mass is 9.91. The number of hydrogen-bond donors (Lipinski definition) is 1. The molecule has 1 unspecified atom stereocenters. The Labute approximate surface area is 200 Å². The topological polar surface area (TPSA) is 75.7 Å². The fourth-order valence-electron chi connectivity index (χ4n) is 5.17. The van der Waals surface area contributed by atoms with E-state index in [1.165, 1.54) is 23.1 Å². The normalized spacial score (nSPS) is 25.0. The maximum atomic E-state index is 15.6. The summed E-state index contributed by atoms with van der Waals surface area (Å²) in [5.74, 6) is -2.53. The van der Waals surface area contributed by atoms with E-state index in [4.69, 9.17) is 4.74 Å². The predicted octanol–water partition coefficient (Wildman–Crippen LogP) is 3.31. The third kappa shape index (κ3) is 4.56. The number of rotatable bonds is 7. The van der Waals surface area contributed by atoms with Crippen LogP contribution in [0.4, 0.5) is 17.6 Å². The van der Waals surface area contributed by atoms with E-state index in [0.29, 0.717) is 25.9 Å². The van der Waals surface area contributed by atoms with Crippen molar-refractivity contribution in [1.29, 1.82) is 0 Å². The van der Waals surface area contributed by atoms with E-state index in [2.05, 4.69) is 4.72 Å². The van der Waals surface area contributed by atoms with Crippen LogP contribution in [0.25, 0.3) is 11.1 Å². The van der Waals surface area contributed by atoms with E-state index in [-0.39, 0.29) is 35.6 Å². The molecule has 11 heteroatoms. The molecule has 2 heterocycles. The third-order valence-electron chi connectivity index (χ3n) is 7.21. The van der Waals surface area contributed by atoms with Gasteiger partial charge in [0.25, 0.3) is 5.91 Å². The van der Waals surface area contributed by atoms with Gasteiger partial charge in [0.1, 0.15) is 23.6 Å². The van der Waals surface area contributed by atoms with Crippen LogP contribution in [0.15, 0.2) is 36.4 Å². The van der Waals surface area contributed by atoms with Crippen LogP contribution in [0, 0.1) is 22.9 Å². The molecule has 2 aromatic rings. The van der Waals surface area contributed by atoms with Crippen LogP contribution in [-0.2, 0) is 26.0 Å². The van der Waals surface area contributed by atoms with E-state index in [1.807, 2.05) is 0 Å². The molecule has 0 radical (unpaired) electrons. The fourth-order valence-corrected chi connectivity index (χ4v) is 6.03. The van der Waals surface area contributed by atoms with Crippen LogP contribution in [-0.4, -0.2) is 56.6 Å². The van der Waals surface area contributed by atoms with Gasteiger partial charge in [-0.3, -0.25) is 4.79 Å². The molecule has 0 aromatic heterocycles. The SMILES string of the molecule is O=C(C1CCO1)N1CC2(CC2)[C@H](NS(=O)(=O)CF)[C@@H]1Cc1cc(F)cc(-c2cccc(F)c2)c1F. The molecule has 1 amide bonds. The smallest absolute Gasteiger partial charge is 0.252 e. The predicted molar refractivity (Wildman–Crippen MR) is 119 cm³/mol. The Morgan fingerprint density at radius 3 is 2.49 bits per heavy atom. The number of alkyl halides is 1. The maximum Gasteiger partial charge on any atom is 0.252 e. The molecule has 5 rings (SSSR count). The van der Waals surface area contributed by atoms with E-state index in [9.17, 15) is 26.4 Å². The van der Waals surface area contributed by atoms with Gasteiger partial charge in [0.2, 0.25) is 16.0 Å². The van der Waals surface area contributed by atoms with Gasteiger partial charge in [-0.1, -0.05) is 12.1 Å². The lowest BCUT2D eigenvalue weighted by Gasteiger charge is -2.34.